The molecule has 1 aliphatic rings. The summed E-state index contributed by atoms with van der Waals surface area (Å²) in [6, 6.07) is 4.86. The minimum Gasteiger partial charge on any atom is -0.494 e. The normalized spacial score (nSPS) is 25.3. The second kappa shape index (κ2) is 5.60. The van der Waals surface area contributed by atoms with Crippen LogP contribution in [0.2, 0.25) is 0 Å². The van der Waals surface area contributed by atoms with Crippen molar-refractivity contribution in [2.45, 2.75) is 12.5 Å². The number of nitrogens with one attached hydrogen (secondary N) is 1. The van der Waals surface area contributed by atoms with Crippen LogP contribution >= 0.6 is 0 Å². The molecule has 0 saturated carbocycles. The first-order valence-electron chi connectivity index (χ1n) is 5.62. The molecule has 0 radical (unpaired) electrons. The average Bonchev–Trinajstić information content (AvgIpc) is 2.54. The smallest absolute Gasteiger partial charge is 0.165 e. The van der Waals surface area contributed by atoms with Gasteiger partial charge in [0.1, 0.15) is 0 Å². The molecule has 2 unspecified atom stereocenters. The Balaban J connectivity index is 2.20. The Morgan fingerprint density at radius 2 is 2.35 bits per heavy atom. The van der Waals surface area contributed by atoms with Crippen molar-refractivity contribution in [1.29, 1.82) is 0 Å². The number of benzene rings is 1. The van der Waals surface area contributed by atoms with E-state index in [-0.39, 0.29) is 17.6 Å². The fraction of sp³-hybridized carbons (Fsp3) is 0.500. The van der Waals surface area contributed by atoms with E-state index in [9.17, 15) is 8.60 Å². The first-order chi connectivity index (χ1) is 8.20. The monoisotopic (exact) mass is 257 g/mol. The summed E-state index contributed by atoms with van der Waals surface area (Å²) in [6.45, 7) is 0.823. The Labute approximate surface area is 103 Å². The highest BCUT2D eigenvalue weighted by atomic mass is 32.2. The summed E-state index contributed by atoms with van der Waals surface area (Å²) < 4.78 is 30.1. The van der Waals surface area contributed by atoms with Crippen LogP contribution in [0.25, 0.3) is 0 Å². The van der Waals surface area contributed by atoms with E-state index in [4.69, 9.17) is 4.74 Å². The quantitative estimate of drug-likeness (QED) is 0.875. The Kier molecular flexibility index (Phi) is 4.12. The summed E-state index contributed by atoms with van der Waals surface area (Å²) >= 11 is 0. The van der Waals surface area contributed by atoms with Gasteiger partial charge in [0, 0.05) is 28.3 Å². The van der Waals surface area contributed by atoms with E-state index >= 15 is 0 Å². The topological polar surface area (TPSA) is 38.3 Å². The van der Waals surface area contributed by atoms with Gasteiger partial charge in [-0.1, -0.05) is 6.07 Å². The van der Waals surface area contributed by atoms with Gasteiger partial charge < -0.3 is 10.1 Å². The zero-order valence-electron chi connectivity index (χ0n) is 9.74. The molecule has 1 aromatic carbocycles. The molecule has 0 amide bonds. The molecule has 17 heavy (non-hydrogen) atoms. The van der Waals surface area contributed by atoms with E-state index in [0.29, 0.717) is 5.75 Å². The average molecular weight is 257 g/mol. The van der Waals surface area contributed by atoms with Crippen LogP contribution < -0.4 is 10.1 Å². The molecule has 1 N–H and O–H groups in total. The maximum absolute atomic E-state index is 13.6. The van der Waals surface area contributed by atoms with E-state index in [1.807, 2.05) is 6.07 Å². The van der Waals surface area contributed by atoms with Crippen LogP contribution in [0.4, 0.5) is 4.39 Å². The Morgan fingerprint density at radius 3 is 3.06 bits per heavy atom. The minimum atomic E-state index is -0.818. The molecule has 2 rings (SSSR count). The molecule has 0 bridgehead atoms. The van der Waals surface area contributed by atoms with Crippen molar-refractivity contribution in [2.75, 3.05) is 25.2 Å². The van der Waals surface area contributed by atoms with Crippen molar-refractivity contribution in [3.8, 4) is 5.75 Å². The first-order valence-corrected chi connectivity index (χ1v) is 7.11. The summed E-state index contributed by atoms with van der Waals surface area (Å²) in [5, 5.41) is 3.29. The van der Waals surface area contributed by atoms with E-state index in [1.54, 1.807) is 6.07 Å². The van der Waals surface area contributed by atoms with Crippen LogP contribution in [-0.2, 0) is 10.8 Å². The highest BCUT2D eigenvalue weighted by Gasteiger charge is 2.19. The number of rotatable bonds is 2. The summed E-state index contributed by atoms with van der Waals surface area (Å²) in [4.78, 5) is 0. The molecule has 0 aromatic heterocycles. The molecular weight excluding hydrogens is 241 g/mol. The zero-order chi connectivity index (χ0) is 12.3. The zero-order valence-corrected chi connectivity index (χ0v) is 10.6. The maximum Gasteiger partial charge on any atom is 0.165 e. The molecule has 1 aliphatic heterocycles. The lowest BCUT2D eigenvalue weighted by molar-refractivity contribution is 0.385. The number of hydrogen-bond donors (Lipinski definition) is 1. The van der Waals surface area contributed by atoms with E-state index in [2.05, 4.69) is 5.32 Å². The Bertz CT molecular complexity index is 425. The van der Waals surface area contributed by atoms with Crippen LogP contribution in [0, 0.1) is 5.82 Å². The lowest BCUT2D eigenvalue weighted by Gasteiger charge is -2.16. The fourth-order valence-corrected chi connectivity index (χ4v) is 3.27. The van der Waals surface area contributed by atoms with Crippen LogP contribution in [-0.4, -0.2) is 29.4 Å². The van der Waals surface area contributed by atoms with Crippen LogP contribution in [0.15, 0.2) is 18.2 Å². The molecule has 5 heteroatoms. The molecule has 1 heterocycles. The molecule has 1 aromatic rings. The van der Waals surface area contributed by atoms with Gasteiger partial charge in [0.15, 0.2) is 11.6 Å². The van der Waals surface area contributed by atoms with Crippen molar-refractivity contribution in [3.63, 3.8) is 0 Å². The Hall–Kier alpha value is -0.940. The van der Waals surface area contributed by atoms with Crippen molar-refractivity contribution < 1.29 is 13.3 Å². The molecular formula is C12H16FNO2S. The second-order valence-corrected chi connectivity index (χ2v) is 5.69. The van der Waals surface area contributed by atoms with Crippen LogP contribution in [0.1, 0.15) is 18.0 Å². The predicted molar refractivity (Wildman–Crippen MR) is 66.2 cm³/mol. The van der Waals surface area contributed by atoms with Gasteiger partial charge in [-0.25, -0.2) is 4.39 Å². The van der Waals surface area contributed by atoms with Gasteiger partial charge in [0.2, 0.25) is 0 Å². The van der Waals surface area contributed by atoms with Crippen LogP contribution in [0.3, 0.4) is 0 Å². The third-order valence-electron chi connectivity index (χ3n) is 2.87. The van der Waals surface area contributed by atoms with Gasteiger partial charge in [-0.2, -0.15) is 0 Å². The van der Waals surface area contributed by atoms with E-state index in [0.717, 1.165) is 24.3 Å². The molecule has 3 nitrogen and oxygen atoms in total. The minimum absolute atomic E-state index is 0.0289. The van der Waals surface area contributed by atoms with Gasteiger partial charge in [0.05, 0.1) is 7.11 Å². The van der Waals surface area contributed by atoms with Crippen molar-refractivity contribution in [3.05, 3.63) is 29.6 Å². The molecule has 1 fully saturated rings. The van der Waals surface area contributed by atoms with E-state index < -0.39 is 10.8 Å². The molecule has 0 aliphatic carbocycles. The third-order valence-corrected chi connectivity index (χ3v) is 4.32. The number of methoxy groups -OCH3 is 1. The molecule has 0 spiro atoms. The number of ether oxygens (including phenoxy) is 1. The predicted octanol–water partition coefficient (Wildman–Crippen LogP) is 1.62. The highest BCUT2D eigenvalue weighted by molar-refractivity contribution is 7.85. The molecule has 94 valence electrons. The van der Waals surface area contributed by atoms with E-state index in [1.165, 1.54) is 13.2 Å². The highest BCUT2D eigenvalue weighted by Crippen LogP contribution is 2.23. The fourth-order valence-electron chi connectivity index (χ4n) is 1.95. The number of halogens is 1. The lowest BCUT2D eigenvalue weighted by atomic mass is 10.1. The Morgan fingerprint density at radius 1 is 1.53 bits per heavy atom. The summed E-state index contributed by atoms with van der Waals surface area (Å²) in [5.74, 6) is 1.14. The SMILES string of the molecule is COc1ccc(C2CS(=O)CCCN2)cc1F. The number of hydrogen-bond acceptors (Lipinski definition) is 3. The van der Waals surface area contributed by atoms with Gasteiger partial charge in [-0.3, -0.25) is 4.21 Å². The third kappa shape index (κ3) is 3.04. The van der Waals surface area contributed by atoms with Gasteiger partial charge >= 0.3 is 0 Å². The van der Waals surface area contributed by atoms with Gasteiger partial charge in [-0.05, 0) is 30.7 Å². The summed E-state index contributed by atoms with van der Waals surface area (Å²) in [5.41, 5.74) is 0.832. The molecule has 2 atom stereocenters. The van der Waals surface area contributed by atoms with Crippen molar-refractivity contribution in [1.82, 2.24) is 5.32 Å². The van der Waals surface area contributed by atoms with Crippen molar-refractivity contribution in [2.24, 2.45) is 0 Å². The van der Waals surface area contributed by atoms with Gasteiger partial charge in [-0.15, -0.1) is 0 Å². The standard InChI is InChI=1S/C12H16FNO2S/c1-16-12-4-3-9(7-10(12)13)11-8-17(15)6-2-5-14-11/h3-4,7,11,14H,2,5-6,8H2,1H3. The lowest BCUT2D eigenvalue weighted by Crippen LogP contribution is -2.24. The molecule has 1 saturated heterocycles. The summed E-state index contributed by atoms with van der Waals surface area (Å²) in [7, 11) is 0.623. The first kappa shape index (κ1) is 12.5. The van der Waals surface area contributed by atoms with Crippen LogP contribution in [0.5, 0.6) is 5.75 Å². The maximum atomic E-state index is 13.6. The largest absolute Gasteiger partial charge is 0.494 e. The van der Waals surface area contributed by atoms with Crippen molar-refractivity contribution >= 4 is 10.8 Å². The second-order valence-electron chi connectivity index (χ2n) is 4.06. The van der Waals surface area contributed by atoms with Gasteiger partial charge in [0.25, 0.3) is 0 Å². The summed E-state index contributed by atoms with van der Waals surface area (Å²) in [6.07, 6.45) is 0.905.